The molecule has 1 amide bonds. The Kier molecular flexibility index (Phi) is 6.82. The first-order chi connectivity index (χ1) is 16.0. The van der Waals surface area contributed by atoms with Crippen LogP contribution in [0.3, 0.4) is 0 Å². The van der Waals surface area contributed by atoms with E-state index in [1.165, 1.54) is 0 Å². The van der Waals surface area contributed by atoms with Gasteiger partial charge in [-0.1, -0.05) is 29.3 Å². The molecule has 0 bridgehead atoms. The second-order valence-corrected chi connectivity index (χ2v) is 8.16. The number of nitrogens with one attached hydrogen (secondary N) is 2. The largest absolute Gasteiger partial charge is 0.772 e. The molecule has 0 saturated heterocycles. The van der Waals surface area contributed by atoms with Crippen molar-refractivity contribution in [2.45, 2.75) is 12.7 Å². The van der Waals surface area contributed by atoms with Gasteiger partial charge in [0.1, 0.15) is 0 Å². The zero-order chi connectivity index (χ0) is 23.2. The zero-order valence-corrected chi connectivity index (χ0v) is 18.5. The number of hydrogen-bond donors (Lipinski definition) is 2. The van der Waals surface area contributed by atoms with Crippen LogP contribution in [0.4, 0.5) is 17.3 Å². The highest BCUT2D eigenvalue weighted by molar-refractivity contribution is 7.78. The third-order valence-corrected chi connectivity index (χ3v) is 5.42. The van der Waals surface area contributed by atoms with E-state index in [2.05, 4.69) is 25.6 Å². The van der Waals surface area contributed by atoms with Crippen LogP contribution in [0.15, 0.2) is 79.3 Å². The fraction of sp³-hybridized carbons (Fsp3) is 0.0833. The highest BCUT2D eigenvalue weighted by Gasteiger charge is 2.09. The van der Waals surface area contributed by atoms with Crippen LogP contribution in [0, 0.1) is 6.92 Å². The molecule has 0 fully saturated rings. The molecule has 2 aromatic carbocycles. The molecule has 2 heterocycles. The Labute approximate surface area is 193 Å². The first kappa shape index (κ1) is 22.3. The number of aryl methyl sites for hydroxylation is 1. The van der Waals surface area contributed by atoms with Gasteiger partial charge >= 0.3 is 0 Å². The number of pyridine rings is 1. The molecule has 2 aromatic heterocycles. The SMILES string of the molecule is Cc1ccc(NC(=O)c2ccc(CS(=O)[O-])cc2)cc1Nc1nccc(-c2cccnc2)n1. The summed E-state index contributed by atoms with van der Waals surface area (Å²) in [5.41, 5.74) is 4.98. The fourth-order valence-electron chi connectivity index (χ4n) is 3.14. The van der Waals surface area contributed by atoms with E-state index in [4.69, 9.17) is 0 Å². The Hall–Kier alpha value is -3.95. The number of anilines is 3. The molecule has 1 atom stereocenters. The van der Waals surface area contributed by atoms with Crippen molar-refractivity contribution in [3.05, 3.63) is 95.9 Å². The Morgan fingerprint density at radius 1 is 1.06 bits per heavy atom. The summed E-state index contributed by atoms with van der Waals surface area (Å²) in [5, 5.41) is 6.07. The van der Waals surface area contributed by atoms with Crippen LogP contribution in [0.1, 0.15) is 21.5 Å². The van der Waals surface area contributed by atoms with E-state index in [-0.39, 0.29) is 11.7 Å². The Morgan fingerprint density at radius 2 is 1.88 bits per heavy atom. The van der Waals surface area contributed by atoms with Gasteiger partial charge in [0.05, 0.1) is 5.69 Å². The lowest BCUT2D eigenvalue weighted by Crippen LogP contribution is -2.12. The highest BCUT2D eigenvalue weighted by Crippen LogP contribution is 2.24. The highest BCUT2D eigenvalue weighted by atomic mass is 32.2. The van der Waals surface area contributed by atoms with Gasteiger partial charge in [-0.25, -0.2) is 9.97 Å². The molecule has 4 rings (SSSR count). The monoisotopic (exact) mass is 458 g/mol. The standard InChI is InChI=1S/C24H21N5O3S/c1-16-4-9-20(27-23(30)18-7-5-17(6-8-18)15-33(31)32)13-22(16)29-24-26-12-10-21(28-24)19-3-2-11-25-14-19/h2-14H,15H2,1H3,(H,27,30)(H,31,32)(H,26,28,29)/p-1. The van der Waals surface area contributed by atoms with Gasteiger partial charge in [0.15, 0.2) is 0 Å². The van der Waals surface area contributed by atoms with Gasteiger partial charge in [-0.05, 0) is 60.5 Å². The molecule has 0 aliphatic heterocycles. The van der Waals surface area contributed by atoms with Crippen molar-refractivity contribution < 1.29 is 13.6 Å². The summed E-state index contributed by atoms with van der Waals surface area (Å²) in [7, 11) is 0. The summed E-state index contributed by atoms with van der Waals surface area (Å²) in [5.74, 6) is 0.0440. The first-order valence-corrected chi connectivity index (χ1v) is 11.3. The van der Waals surface area contributed by atoms with Crippen LogP contribution in [0.25, 0.3) is 11.3 Å². The Bertz CT molecular complexity index is 1300. The lowest BCUT2D eigenvalue weighted by molar-refractivity contribution is 0.102. The van der Waals surface area contributed by atoms with E-state index in [1.54, 1.807) is 48.9 Å². The molecule has 4 aromatic rings. The number of carbonyl (C=O) groups excluding carboxylic acids is 1. The van der Waals surface area contributed by atoms with Crippen molar-refractivity contribution in [1.29, 1.82) is 0 Å². The topological polar surface area (TPSA) is 120 Å². The molecule has 8 nitrogen and oxygen atoms in total. The first-order valence-electron chi connectivity index (χ1n) is 10.1. The second kappa shape index (κ2) is 10.1. The molecule has 33 heavy (non-hydrogen) atoms. The molecule has 9 heteroatoms. The van der Waals surface area contributed by atoms with Crippen molar-refractivity contribution in [1.82, 2.24) is 15.0 Å². The number of carbonyl (C=O) groups is 1. The third-order valence-electron chi connectivity index (χ3n) is 4.86. The average molecular weight is 459 g/mol. The minimum Gasteiger partial charge on any atom is -0.772 e. The van der Waals surface area contributed by atoms with E-state index in [1.807, 2.05) is 37.3 Å². The molecule has 0 aliphatic rings. The molecule has 0 saturated carbocycles. The predicted octanol–water partition coefficient (Wildman–Crippen LogP) is 4.22. The Balaban J connectivity index is 1.49. The molecule has 0 aliphatic carbocycles. The maximum atomic E-state index is 12.6. The van der Waals surface area contributed by atoms with Gasteiger partial charge in [0, 0.05) is 46.8 Å². The number of benzene rings is 2. The molecule has 1 unspecified atom stereocenters. The lowest BCUT2D eigenvalue weighted by atomic mass is 10.1. The average Bonchev–Trinajstić information content (AvgIpc) is 2.82. The van der Waals surface area contributed by atoms with E-state index < -0.39 is 11.1 Å². The van der Waals surface area contributed by atoms with Gasteiger partial charge in [0.2, 0.25) is 5.95 Å². The number of hydrogen-bond acceptors (Lipinski definition) is 7. The van der Waals surface area contributed by atoms with Crippen molar-refractivity contribution in [3.8, 4) is 11.3 Å². The Morgan fingerprint density at radius 3 is 2.61 bits per heavy atom. The molecule has 2 N–H and O–H groups in total. The quantitative estimate of drug-likeness (QED) is 0.398. The lowest BCUT2D eigenvalue weighted by Gasteiger charge is -2.12. The summed E-state index contributed by atoms with van der Waals surface area (Å²) in [6, 6.07) is 17.5. The smallest absolute Gasteiger partial charge is 0.255 e. The van der Waals surface area contributed by atoms with Crippen LogP contribution >= 0.6 is 0 Å². The number of aromatic nitrogens is 3. The maximum Gasteiger partial charge on any atom is 0.255 e. The number of nitrogens with zero attached hydrogens (tertiary/aromatic N) is 3. The van der Waals surface area contributed by atoms with Crippen LogP contribution in [0.2, 0.25) is 0 Å². The van der Waals surface area contributed by atoms with Crippen LogP contribution < -0.4 is 10.6 Å². The maximum absolute atomic E-state index is 12.6. The fourth-order valence-corrected chi connectivity index (χ4v) is 3.61. The summed E-state index contributed by atoms with van der Waals surface area (Å²) in [6.07, 6.45) is 5.11. The summed E-state index contributed by atoms with van der Waals surface area (Å²) >= 11 is -2.17. The van der Waals surface area contributed by atoms with Gasteiger partial charge in [-0.2, -0.15) is 0 Å². The molecule has 166 valence electrons. The summed E-state index contributed by atoms with van der Waals surface area (Å²) in [6.45, 7) is 1.94. The second-order valence-electron chi connectivity index (χ2n) is 7.26. The minimum atomic E-state index is -2.17. The summed E-state index contributed by atoms with van der Waals surface area (Å²) in [4.78, 5) is 25.6. The normalized spacial score (nSPS) is 11.6. The van der Waals surface area contributed by atoms with Crippen molar-refractivity contribution >= 4 is 34.3 Å². The van der Waals surface area contributed by atoms with Crippen molar-refractivity contribution in [2.24, 2.45) is 0 Å². The van der Waals surface area contributed by atoms with Gasteiger partial charge in [0.25, 0.3) is 5.91 Å². The molecular weight excluding hydrogens is 438 g/mol. The molecule has 0 spiro atoms. The molecular formula is C24H20N5O3S-. The predicted molar refractivity (Wildman–Crippen MR) is 127 cm³/mol. The van der Waals surface area contributed by atoms with Crippen molar-refractivity contribution in [3.63, 3.8) is 0 Å². The van der Waals surface area contributed by atoms with E-state index in [0.717, 1.165) is 22.5 Å². The van der Waals surface area contributed by atoms with E-state index in [0.29, 0.717) is 22.8 Å². The van der Waals surface area contributed by atoms with E-state index >= 15 is 0 Å². The van der Waals surface area contributed by atoms with E-state index in [9.17, 15) is 13.6 Å². The zero-order valence-electron chi connectivity index (χ0n) is 17.7. The number of amides is 1. The van der Waals surface area contributed by atoms with Gasteiger partial charge < -0.3 is 15.2 Å². The minimum absolute atomic E-state index is 0.0844. The van der Waals surface area contributed by atoms with Crippen LogP contribution in [0.5, 0.6) is 0 Å². The van der Waals surface area contributed by atoms with Gasteiger partial charge in [-0.15, -0.1) is 0 Å². The third kappa shape index (κ3) is 5.85. The van der Waals surface area contributed by atoms with Crippen molar-refractivity contribution in [2.75, 3.05) is 10.6 Å². The summed E-state index contributed by atoms with van der Waals surface area (Å²) < 4.78 is 21.6. The number of rotatable bonds is 7. The van der Waals surface area contributed by atoms with Gasteiger partial charge in [-0.3, -0.25) is 14.0 Å². The molecule has 0 radical (unpaired) electrons. The van der Waals surface area contributed by atoms with Crippen LogP contribution in [-0.2, 0) is 16.8 Å². The van der Waals surface area contributed by atoms with Crippen LogP contribution in [-0.4, -0.2) is 29.6 Å².